The van der Waals surface area contributed by atoms with Crippen LogP contribution in [0.4, 0.5) is 0 Å². The lowest BCUT2D eigenvalue weighted by Gasteiger charge is -2.18. The second-order valence-electron chi connectivity index (χ2n) is 4.20. The second-order valence-corrected chi connectivity index (χ2v) is 4.20. The van der Waals surface area contributed by atoms with E-state index < -0.39 is 0 Å². The van der Waals surface area contributed by atoms with Gasteiger partial charge in [-0.05, 0) is 38.3 Å². The molecule has 0 saturated carbocycles. The van der Waals surface area contributed by atoms with Crippen LogP contribution in [0, 0.1) is 5.92 Å². The van der Waals surface area contributed by atoms with Crippen LogP contribution in [0.1, 0.15) is 39.5 Å². The van der Waals surface area contributed by atoms with Crippen molar-refractivity contribution < 1.29 is 4.79 Å². The number of Topliss-reactive ketones (excluding diaryl/α,β-unsaturated/α-hetero) is 1. The molecule has 0 spiro atoms. The molecular formula is C11H21NO. The van der Waals surface area contributed by atoms with Crippen LogP contribution in [-0.2, 0) is 4.79 Å². The predicted molar refractivity (Wildman–Crippen MR) is 54.8 cm³/mol. The van der Waals surface area contributed by atoms with E-state index in [0.717, 1.165) is 19.0 Å². The third-order valence-corrected chi connectivity index (χ3v) is 2.90. The van der Waals surface area contributed by atoms with Crippen LogP contribution in [0.5, 0.6) is 0 Å². The minimum atomic E-state index is 0.384. The molecule has 1 heterocycles. The number of carbonyl (C=O) groups excluding carboxylic acids is 1. The standard InChI is InChI=1S/C11H21NO/c1-3-11(13)9-12-7-4-5-10(2)6-8-12/h10H,3-9H2,1-2H3. The Bertz CT molecular complexity index is 167. The Kier molecular flexibility index (Phi) is 4.43. The summed E-state index contributed by atoms with van der Waals surface area (Å²) in [6.07, 6.45) is 4.54. The zero-order chi connectivity index (χ0) is 9.68. The Morgan fingerprint density at radius 3 is 2.85 bits per heavy atom. The maximum atomic E-state index is 11.2. The largest absolute Gasteiger partial charge is 0.298 e. The van der Waals surface area contributed by atoms with Gasteiger partial charge in [-0.1, -0.05) is 13.8 Å². The minimum Gasteiger partial charge on any atom is -0.298 e. The zero-order valence-corrected chi connectivity index (χ0v) is 8.88. The molecule has 0 aromatic heterocycles. The molecular weight excluding hydrogens is 162 g/mol. The summed E-state index contributed by atoms with van der Waals surface area (Å²) in [5, 5.41) is 0. The van der Waals surface area contributed by atoms with Gasteiger partial charge in [0.05, 0.1) is 6.54 Å². The van der Waals surface area contributed by atoms with Crippen molar-refractivity contribution in [2.24, 2.45) is 5.92 Å². The van der Waals surface area contributed by atoms with Crippen molar-refractivity contribution in [2.45, 2.75) is 39.5 Å². The van der Waals surface area contributed by atoms with Crippen LogP contribution < -0.4 is 0 Å². The highest BCUT2D eigenvalue weighted by molar-refractivity contribution is 5.80. The van der Waals surface area contributed by atoms with Gasteiger partial charge in [-0.3, -0.25) is 9.69 Å². The molecule has 0 aromatic rings. The Morgan fingerprint density at radius 1 is 1.38 bits per heavy atom. The summed E-state index contributed by atoms with van der Waals surface area (Å²) < 4.78 is 0. The quantitative estimate of drug-likeness (QED) is 0.667. The van der Waals surface area contributed by atoms with Crippen molar-refractivity contribution in [1.29, 1.82) is 0 Å². The van der Waals surface area contributed by atoms with E-state index in [-0.39, 0.29) is 0 Å². The van der Waals surface area contributed by atoms with E-state index in [0.29, 0.717) is 18.7 Å². The monoisotopic (exact) mass is 183 g/mol. The van der Waals surface area contributed by atoms with Gasteiger partial charge in [0.2, 0.25) is 0 Å². The van der Waals surface area contributed by atoms with E-state index in [1.54, 1.807) is 0 Å². The van der Waals surface area contributed by atoms with Crippen LogP contribution in [0.15, 0.2) is 0 Å². The Hall–Kier alpha value is -0.370. The first-order valence-corrected chi connectivity index (χ1v) is 5.46. The molecule has 0 amide bonds. The number of likely N-dealkylation sites (tertiary alicyclic amines) is 1. The molecule has 2 heteroatoms. The molecule has 1 atom stereocenters. The molecule has 0 radical (unpaired) electrons. The van der Waals surface area contributed by atoms with Crippen molar-refractivity contribution in [3.05, 3.63) is 0 Å². The molecule has 0 aromatic carbocycles. The highest BCUT2D eigenvalue weighted by atomic mass is 16.1. The summed E-state index contributed by atoms with van der Waals surface area (Å²) in [4.78, 5) is 13.5. The molecule has 0 bridgehead atoms. The van der Waals surface area contributed by atoms with Gasteiger partial charge in [-0.15, -0.1) is 0 Å². The lowest BCUT2D eigenvalue weighted by molar-refractivity contribution is -0.119. The zero-order valence-electron chi connectivity index (χ0n) is 8.88. The van der Waals surface area contributed by atoms with Gasteiger partial charge in [0.15, 0.2) is 0 Å². The fourth-order valence-corrected chi connectivity index (χ4v) is 1.84. The van der Waals surface area contributed by atoms with Gasteiger partial charge in [0.1, 0.15) is 5.78 Å². The van der Waals surface area contributed by atoms with Crippen LogP contribution in [0.2, 0.25) is 0 Å². The summed E-state index contributed by atoms with van der Waals surface area (Å²) >= 11 is 0. The van der Waals surface area contributed by atoms with Gasteiger partial charge >= 0.3 is 0 Å². The fraction of sp³-hybridized carbons (Fsp3) is 0.909. The third kappa shape index (κ3) is 3.90. The minimum absolute atomic E-state index is 0.384. The van der Waals surface area contributed by atoms with Crippen LogP contribution in [-0.4, -0.2) is 30.3 Å². The highest BCUT2D eigenvalue weighted by Gasteiger charge is 2.14. The Balaban J connectivity index is 2.29. The van der Waals surface area contributed by atoms with E-state index in [1.807, 2.05) is 6.92 Å². The molecule has 1 aliphatic heterocycles. The normalized spacial score (nSPS) is 25.5. The van der Waals surface area contributed by atoms with E-state index in [1.165, 1.54) is 19.3 Å². The number of ketones is 1. The van der Waals surface area contributed by atoms with Gasteiger partial charge < -0.3 is 0 Å². The Morgan fingerprint density at radius 2 is 2.15 bits per heavy atom. The second kappa shape index (κ2) is 5.38. The van der Waals surface area contributed by atoms with Crippen molar-refractivity contribution in [3.8, 4) is 0 Å². The van der Waals surface area contributed by atoms with Gasteiger partial charge in [-0.25, -0.2) is 0 Å². The highest BCUT2D eigenvalue weighted by Crippen LogP contribution is 2.16. The summed E-state index contributed by atoms with van der Waals surface area (Å²) in [5.74, 6) is 1.23. The number of rotatable bonds is 3. The molecule has 1 fully saturated rings. The topological polar surface area (TPSA) is 20.3 Å². The van der Waals surface area contributed by atoms with Crippen molar-refractivity contribution in [2.75, 3.05) is 19.6 Å². The Labute approximate surface area is 81.3 Å². The van der Waals surface area contributed by atoms with Crippen molar-refractivity contribution in [3.63, 3.8) is 0 Å². The fourth-order valence-electron chi connectivity index (χ4n) is 1.84. The smallest absolute Gasteiger partial charge is 0.146 e. The maximum absolute atomic E-state index is 11.2. The predicted octanol–water partition coefficient (Wildman–Crippen LogP) is 2.09. The summed E-state index contributed by atoms with van der Waals surface area (Å²) in [6.45, 7) is 7.18. The average molecular weight is 183 g/mol. The molecule has 0 aliphatic carbocycles. The molecule has 13 heavy (non-hydrogen) atoms. The molecule has 0 N–H and O–H groups in total. The van der Waals surface area contributed by atoms with Gasteiger partial charge in [0, 0.05) is 6.42 Å². The molecule has 1 aliphatic rings. The number of nitrogens with zero attached hydrogens (tertiary/aromatic N) is 1. The molecule has 1 unspecified atom stereocenters. The average Bonchev–Trinajstić information content (AvgIpc) is 2.31. The third-order valence-electron chi connectivity index (χ3n) is 2.90. The number of hydrogen-bond acceptors (Lipinski definition) is 2. The SMILES string of the molecule is CCC(=O)CN1CCCC(C)CC1. The van der Waals surface area contributed by atoms with Gasteiger partial charge in [-0.2, -0.15) is 0 Å². The first kappa shape index (κ1) is 10.7. The summed E-state index contributed by atoms with van der Waals surface area (Å²) in [6, 6.07) is 0. The lowest BCUT2D eigenvalue weighted by Crippen LogP contribution is -2.30. The first-order valence-electron chi connectivity index (χ1n) is 5.46. The van der Waals surface area contributed by atoms with E-state index in [9.17, 15) is 4.79 Å². The van der Waals surface area contributed by atoms with Crippen molar-refractivity contribution in [1.82, 2.24) is 4.90 Å². The van der Waals surface area contributed by atoms with E-state index in [2.05, 4.69) is 11.8 Å². The van der Waals surface area contributed by atoms with Crippen molar-refractivity contribution >= 4 is 5.78 Å². The van der Waals surface area contributed by atoms with E-state index in [4.69, 9.17) is 0 Å². The number of carbonyl (C=O) groups is 1. The summed E-state index contributed by atoms with van der Waals surface area (Å²) in [5.41, 5.74) is 0. The lowest BCUT2D eigenvalue weighted by atomic mass is 10.0. The maximum Gasteiger partial charge on any atom is 0.146 e. The van der Waals surface area contributed by atoms with Crippen LogP contribution in [0.25, 0.3) is 0 Å². The molecule has 1 saturated heterocycles. The summed E-state index contributed by atoms with van der Waals surface area (Å²) in [7, 11) is 0. The van der Waals surface area contributed by atoms with Gasteiger partial charge in [0.25, 0.3) is 0 Å². The van der Waals surface area contributed by atoms with Crippen LogP contribution in [0.3, 0.4) is 0 Å². The molecule has 1 rings (SSSR count). The van der Waals surface area contributed by atoms with Crippen LogP contribution >= 0.6 is 0 Å². The van der Waals surface area contributed by atoms with E-state index >= 15 is 0 Å². The molecule has 2 nitrogen and oxygen atoms in total. The molecule has 76 valence electrons. The number of hydrogen-bond donors (Lipinski definition) is 0. The first-order chi connectivity index (χ1) is 6.22.